The van der Waals surface area contributed by atoms with Crippen LogP contribution in [-0.2, 0) is 13.1 Å². The van der Waals surface area contributed by atoms with Crippen LogP contribution in [0.3, 0.4) is 0 Å². The summed E-state index contributed by atoms with van der Waals surface area (Å²) in [6.07, 6.45) is 3.80. The molecule has 3 rings (SSSR count). The molecule has 1 aromatic heterocycles. The summed E-state index contributed by atoms with van der Waals surface area (Å²) in [5.74, 6) is 1.37. The number of methoxy groups -OCH3 is 1. The van der Waals surface area contributed by atoms with Crippen LogP contribution in [0.25, 0.3) is 0 Å². The summed E-state index contributed by atoms with van der Waals surface area (Å²) >= 11 is 0. The number of β-amino-alcohol motifs (C(OH)–C–C–N with tert-alkyl or cyclic N) is 1. The summed E-state index contributed by atoms with van der Waals surface area (Å²) < 4.78 is 11.4. The average molecular weight is 400 g/mol. The Kier molecular flexibility index (Phi) is 7.86. The summed E-state index contributed by atoms with van der Waals surface area (Å²) in [5, 5.41) is 10.2. The molecule has 0 radical (unpaired) electrons. The number of hydrogen-bond acceptors (Lipinski definition) is 6. The Morgan fingerprint density at radius 3 is 2.52 bits per heavy atom. The van der Waals surface area contributed by atoms with E-state index in [0.717, 1.165) is 37.4 Å². The minimum atomic E-state index is -0.493. The maximum absolute atomic E-state index is 10.2. The van der Waals surface area contributed by atoms with Gasteiger partial charge in [-0.15, -0.1) is 0 Å². The number of benzene rings is 1. The molecule has 1 aromatic carbocycles. The van der Waals surface area contributed by atoms with Crippen LogP contribution in [0.15, 0.2) is 36.5 Å². The largest absolute Gasteiger partial charge is 0.493 e. The second-order valence-electron chi connectivity index (χ2n) is 7.94. The van der Waals surface area contributed by atoms with Gasteiger partial charge in [0.05, 0.1) is 7.11 Å². The molecule has 1 aliphatic heterocycles. The van der Waals surface area contributed by atoms with E-state index in [0.29, 0.717) is 18.0 Å². The number of aliphatic hydroxyl groups excluding tert-OH is 1. The van der Waals surface area contributed by atoms with Crippen molar-refractivity contribution in [2.24, 2.45) is 0 Å². The van der Waals surface area contributed by atoms with Crippen molar-refractivity contribution < 1.29 is 14.6 Å². The van der Waals surface area contributed by atoms with Gasteiger partial charge in [-0.1, -0.05) is 6.07 Å². The number of nitrogens with zero attached hydrogens (tertiary/aromatic N) is 3. The standard InChI is InChI=1S/C23H33N3O3/c1-18-12-20(8-9-24-18)15-25(2)14-19-6-7-22(23(13-19)28-3)29-17-21(27)16-26-10-4-5-11-26/h6-9,12-13,21,27H,4-5,10-11,14-17H2,1-3H3/t21-/m1/s1. The van der Waals surface area contributed by atoms with E-state index in [2.05, 4.69) is 40.0 Å². The molecule has 1 saturated heterocycles. The fourth-order valence-electron chi connectivity index (χ4n) is 3.81. The number of aryl methyl sites for hydroxylation is 1. The molecule has 0 aliphatic carbocycles. The van der Waals surface area contributed by atoms with Crippen molar-refractivity contribution in [2.75, 3.05) is 40.4 Å². The molecule has 0 bridgehead atoms. The number of aromatic nitrogens is 1. The molecule has 1 aliphatic rings. The third kappa shape index (κ3) is 6.70. The second-order valence-corrected chi connectivity index (χ2v) is 7.94. The van der Waals surface area contributed by atoms with Gasteiger partial charge in [-0.3, -0.25) is 9.88 Å². The van der Waals surface area contributed by atoms with E-state index in [4.69, 9.17) is 9.47 Å². The Labute approximate surface area is 174 Å². The van der Waals surface area contributed by atoms with Gasteiger partial charge >= 0.3 is 0 Å². The van der Waals surface area contributed by atoms with Gasteiger partial charge in [0, 0.05) is 31.5 Å². The Balaban J connectivity index is 1.53. The lowest BCUT2D eigenvalue weighted by atomic mass is 10.1. The fraction of sp³-hybridized carbons (Fsp3) is 0.522. The quantitative estimate of drug-likeness (QED) is 0.663. The van der Waals surface area contributed by atoms with E-state index in [1.165, 1.54) is 18.4 Å². The second kappa shape index (κ2) is 10.6. The smallest absolute Gasteiger partial charge is 0.161 e. The number of pyridine rings is 1. The molecule has 1 fully saturated rings. The summed E-state index contributed by atoms with van der Waals surface area (Å²) in [7, 11) is 3.75. The van der Waals surface area contributed by atoms with E-state index in [-0.39, 0.29) is 6.61 Å². The molecular weight excluding hydrogens is 366 g/mol. The van der Waals surface area contributed by atoms with Gasteiger partial charge < -0.3 is 19.5 Å². The molecule has 2 aromatic rings. The molecule has 1 atom stereocenters. The van der Waals surface area contributed by atoms with Gasteiger partial charge in [0.25, 0.3) is 0 Å². The Bertz CT molecular complexity index is 778. The van der Waals surface area contributed by atoms with Crippen LogP contribution in [-0.4, -0.2) is 66.4 Å². The first kappa shape index (κ1) is 21.6. The molecular formula is C23H33N3O3. The average Bonchev–Trinajstić information content (AvgIpc) is 3.19. The highest BCUT2D eigenvalue weighted by Crippen LogP contribution is 2.29. The highest BCUT2D eigenvalue weighted by Gasteiger charge is 2.17. The Hall–Kier alpha value is -2.15. The maximum Gasteiger partial charge on any atom is 0.161 e. The van der Waals surface area contributed by atoms with E-state index in [1.807, 2.05) is 25.3 Å². The molecule has 158 valence electrons. The van der Waals surface area contributed by atoms with Crippen LogP contribution in [0.2, 0.25) is 0 Å². The monoisotopic (exact) mass is 399 g/mol. The molecule has 2 heterocycles. The van der Waals surface area contributed by atoms with Crippen molar-refractivity contribution >= 4 is 0 Å². The highest BCUT2D eigenvalue weighted by atomic mass is 16.5. The van der Waals surface area contributed by atoms with Crippen molar-refractivity contribution in [3.63, 3.8) is 0 Å². The van der Waals surface area contributed by atoms with E-state index in [9.17, 15) is 5.11 Å². The molecule has 0 saturated carbocycles. The van der Waals surface area contributed by atoms with Crippen LogP contribution in [0, 0.1) is 6.92 Å². The Morgan fingerprint density at radius 2 is 1.83 bits per heavy atom. The first-order chi connectivity index (χ1) is 14.0. The predicted molar refractivity (Wildman–Crippen MR) is 114 cm³/mol. The molecule has 0 spiro atoms. The van der Waals surface area contributed by atoms with E-state index >= 15 is 0 Å². The fourth-order valence-corrected chi connectivity index (χ4v) is 3.81. The van der Waals surface area contributed by atoms with Gasteiger partial charge in [0.2, 0.25) is 0 Å². The SMILES string of the molecule is COc1cc(CN(C)Cc2ccnc(C)c2)ccc1OC[C@H](O)CN1CCCC1. The zero-order valence-corrected chi connectivity index (χ0v) is 17.8. The minimum Gasteiger partial charge on any atom is -0.493 e. The number of hydrogen-bond donors (Lipinski definition) is 1. The number of aliphatic hydroxyl groups is 1. The van der Waals surface area contributed by atoms with Crippen molar-refractivity contribution in [1.29, 1.82) is 0 Å². The molecule has 1 N–H and O–H groups in total. The first-order valence-corrected chi connectivity index (χ1v) is 10.3. The molecule has 6 heteroatoms. The van der Waals surface area contributed by atoms with E-state index in [1.54, 1.807) is 7.11 Å². The van der Waals surface area contributed by atoms with Gasteiger partial charge in [-0.05, 0) is 75.3 Å². The third-order valence-electron chi connectivity index (χ3n) is 5.19. The highest BCUT2D eigenvalue weighted by molar-refractivity contribution is 5.43. The summed E-state index contributed by atoms with van der Waals surface area (Å²) in [6, 6.07) is 10.2. The van der Waals surface area contributed by atoms with Crippen molar-refractivity contribution in [2.45, 2.75) is 39.0 Å². The number of rotatable bonds is 10. The zero-order chi connectivity index (χ0) is 20.6. The van der Waals surface area contributed by atoms with Crippen LogP contribution >= 0.6 is 0 Å². The van der Waals surface area contributed by atoms with Crippen molar-refractivity contribution in [1.82, 2.24) is 14.8 Å². The number of ether oxygens (including phenoxy) is 2. The lowest BCUT2D eigenvalue weighted by molar-refractivity contribution is 0.0747. The van der Waals surface area contributed by atoms with Crippen LogP contribution in [0.5, 0.6) is 11.5 Å². The minimum absolute atomic E-state index is 0.271. The summed E-state index contributed by atoms with van der Waals surface area (Å²) in [6.45, 7) is 6.74. The van der Waals surface area contributed by atoms with Crippen LogP contribution in [0.1, 0.15) is 29.7 Å². The molecule has 29 heavy (non-hydrogen) atoms. The van der Waals surface area contributed by atoms with Gasteiger partial charge in [-0.25, -0.2) is 0 Å². The first-order valence-electron chi connectivity index (χ1n) is 10.3. The van der Waals surface area contributed by atoms with Crippen molar-refractivity contribution in [3.05, 3.63) is 53.3 Å². The van der Waals surface area contributed by atoms with Gasteiger partial charge in [-0.2, -0.15) is 0 Å². The Morgan fingerprint density at radius 1 is 1.10 bits per heavy atom. The van der Waals surface area contributed by atoms with Gasteiger partial charge in [0.1, 0.15) is 12.7 Å². The van der Waals surface area contributed by atoms with Crippen molar-refractivity contribution in [3.8, 4) is 11.5 Å². The van der Waals surface area contributed by atoms with Gasteiger partial charge in [0.15, 0.2) is 11.5 Å². The lowest BCUT2D eigenvalue weighted by Crippen LogP contribution is -2.33. The van der Waals surface area contributed by atoms with Crippen LogP contribution < -0.4 is 9.47 Å². The normalized spacial score (nSPS) is 15.6. The third-order valence-corrected chi connectivity index (χ3v) is 5.19. The lowest BCUT2D eigenvalue weighted by Gasteiger charge is -2.21. The predicted octanol–water partition coefficient (Wildman–Crippen LogP) is 2.87. The topological polar surface area (TPSA) is 58.1 Å². The van der Waals surface area contributed by atoms with E-state index < -0.39 is 6.10 Å². The van der Waals surface area contributed by atoms with Crippen LogP contribution in [0.4, 0.5) is 0 Å². The maximum atomic E-state index is 10.2. The number of likely N-dealkylation sites (tertiary alicyclic amines) is 1. The summed E-state index contributed by atoms with van der Waals surface area (Å²) in [4.78, 5) is 8.79. The zero-order valence-electron chi connectivity index (χ0n) is 17.8. The summed E-state index contributed by atoms with van der Waals surface area (Å²) in [5.41, 5.74) is 3.44. The molecule has 0 amide bonds. The molecule has 0 unspecified atom stereocenters. The molecule has 6 nitrogen and oxygen atoms in total.